The zero-order valence-corrected chi connectivity index (χ0v) is 17.1. The number of likely N-dealkylation sites (tertiary alicyclic amines) is 1. The van der Waals surface area contributed by atoms with Crippen LogP contribution >= 0.6 is 12.4 Å². The number of nitrogens with zero attached hydrogens (tertiary/aromatic N) is 3. The number of H-pyrrole nitrogens is 1. The molecule has 2 aromatic carbocycles. The maximum atomic E-state index is 13.9. The molecule has 2 aliphatic heterocycles. The third-order valence-electron chi connectivity index (χ3n) is 5.45. The molecule has 0 bridgehead atoms. The van der Waals surface area contributed by atoms with Gasteiger partial charge in [0.25, 0.3) is 0 Å². The number of aromatic amines is 1. The van der Waals surface area contributed by atoms with Crippen molar-refractivity contribution >= 4 is 40.4 Å². The fourth-order valence-electron chi connectivity index (χ4n) is 4.02. The average Bonchev–Trinajstić information content (AvgIpc) is 3.42. The van der Waals surface area contributed by atoms with Crippen LogP contribution in [0.5, 0.6) is 5.88 Å². The summed E-state index contributed by atoms with van der Waals surface area (Å²) in [4.78, 5) is 15.5. The normalized spacial score (nSPS) is 17.2. The van der Waals surface area contributed by atoms with Gasteiger partial charge in [0.2, 0.25) is 0 Å². The van der Waals surface area contributed by atoms with E-state index in [4.69, 9.17) is 4.84 Å². The Labute approximate surface area is 179 Å². The highest BCUT2D eigenvalue weighted by molar-refractivity contribution is 6.58. The quantitative estimate of drug-likeness (QED) is 0.467. The minimum absolute atomic E-state index is 0. The number of aliphatic imine (C=N–C) groups is 1. The second-order valence-corrected chi connectivity index (χ2v) is 7.34. The molecular weight excluding hydrogens is 407 g/mol. The van der Waals surface area contributed by atoms with Crippen molar-refractivity contribution in [3.63, 3.8) is 0 Å². The summed E-state index contributed by atoms with van der Waals surface area (Å²) in [5.41, 5.74) is 3.65. The van der Waals surface area contributed by atoms with Crippen LogP contribution in [-0.2, 0) is 4.84 Å². The Hall–Kier alpha value is -2.90. The van der Waals surface area contributed by atoms with Crippen molar-refractivity contribution in [3.8, 4) is 5.88 Å². The molecular formula is C22H22ClFN4O2. The van der Waals surface area contributed by atoms with Gasteiger partial charge in [-0.3, -0.25) is 4.90 Å². The van der Waals surface area contributed by atoms with Gasteiger partial charge < -0.3 is 14.9 Å². The summed E-state index contributed by atoms with van der Waals surface area (Å²) in [5, 5.41) is 15.5. The molecule has 0 amide bonds. The lowest BCUT2D eigenvalue weighted by Gasteiger charge is -2.13. The Bertz CT molecular complexity index is 1140. The highest BCUT2D eigenvalue weighted by atomic mass is 35.5. The number of oxime groups is 1. The number of hydrogen-bond donors (Lipinski definition) is 2. The topological polar surface area (TPSA) is 73.2 Å². The van der Waals surface area contributed by atoms with Crippen LogP contribution in [-0.4, -0.2) is 52.7 Å². The molecule has 156 valence electrons. The third-order valence-corrected chi connectivity index (χ3v) is 5.45. The van der Waals surface area contributed by atoms with Crippen molar-refractivity contribution in [1.82, 2.24) is 9.88 Å². The zero-order chi connectivity index (χ0) is 19.8. The van der Waals surface area contributed by atoms with Gasteiger partial charge in [-0.1, -0.05) is 23.4 Å². The molecule has 1 fully saturated rings. The number of para-hydroxylation sites is 1. The summed E-state index contributed by atoms with van der Waals surface area (Å²) < 4.78 is 13.9. The van der Waals surface area contributed by atoms with E-state index in [0.717, 1.165) is 30.9 Å². The lowest BCUT2D eigenvalue weighted by atomic mass is 10.0. The number of halogens is 2. The van der Waals surface area contributed by atoms with E-state index in [9.17, 15) is 9.50 Å². The largest absolute Gasteiger partial charge is 0.494 e. The molecule has 0 radical (unpaired) electrons. The fraction of sp³-hybridized carbons (Fsp3) is 0.273. The second kappa shape index (κ2) is 8.45. The Morgan fingerprint density at radius 2 is 1.97 bits per heavy atom. The molecule has 1 aromatic heterocycles. The van der Waals surface area contributed by atoms with Crippen molar-refractivity contribution in [1.29, 1.82) is 0 Å². The second-order valence-electron chi connectivity index (χ2n) is 7.34. The number of rotatable bonds is 5. The van der Waals surface area contributed by atoms with Crippen molar-refractivity contribution < 1.29 is 14.3 Å². The number of aromatic hydroxyl groups is 1. The monoisotopic (exact) mass is 428 g/mol. The van der Waals surface area contributed by atoms with E-state index in [2.05, 4.69) is 20.0 Å². The van der Waals surface area contributed by atoms with Gasteiger partial charge in [0.1, 0.15) is 23.8 Å². The Morgan fingerprint density at radius 3 is 2.80 bits per heavy atom. The minimum Gasteiger partial charge on any atom is -0.494 e. The van der Waals surface area contributed by atoms with Gasteiger partial charge in [-0.2, -0.15) is 0 Å². The van der Waals surface area contributed by atoms with Crippen LogP contribution in [0.4, 0.5) is 10.1 Å². The van der Waals surface area contributed by atoms with Gasteiger partial charge in [0.05, 0.1) is 11.3 Å². The average molecular weight is 429 g/mol. The SMILES string of the molecule is Cl.Oc1[nH]c2ccc(F)cc2c1C1=Nc2ccccc2/C1=N\OCCN1CCCC1. The zero-order valence-electron chi connectivity index (χ0n) is 16.3. The first-order valence-electron chi connectivity index (χ1n) is 9.82. The van der Waals surface area contributed by atoms with Crippen molar-refractivity contribution in [2.45, 2.75) is 12.8 Å². The van der Waals surface area contributed by atoms with E-state index < -0.39 is 0 Å². The molecule has 3 aromatic rings. The van der Waals surface area contributed by atoms with E-state index in [0.29, 0.717) is 34.5 Å². The molecule has 8 heteroatoms. The molecule has 0 aliphatic carbocycles. The molecule has 6 nitrogen and oxygen atoms in total. The van der Waals surface area contributed by atoms with Crippen LogP contribution in [0.1, 0.15) is 24.0 Å². The molecule has 0 spiro atoms. The van der Waals surface area contributed by atoms with Crippen molar-refractivity contribution in [2.24, 2.45) is 10.1 Å². The van der Waals surface area contributed by atoms with Crippen LogP contribution < -0.4 is 0 Å². The summed E-state index contributed by atoms with van der Waals surface area (Å²) in [6.45, 7) is 3.51. The maximum absolute atomic E-state index is 13.9. The summed E-state index contributed by atoms with van der Waals surface area (Å²) in [6.07, 6.45) is 2.46. The Morgan fingerprint density at radius 1 is 1.17 bits per heavy atom. The summed E-state index contributed by atoms with van der Waals surface area (Å²) in [5.74, 6) is -0.448. The van der Waals surface area contributed by atoms with Gasteiger partial charge in [0.15, 0.2) is 5.88 Å². The maximum Gasteiger partial charge on any atom is 0.199 e. The molecule has 0 unspecified atom stereocenters. The number of fused-ring (bicyclic) bond motifs is 2. The predicted molar refractivity (Wildman–Crippen MR) is 118 cm³/mol. The predicted octanol–water partition coefficient (Wildman–Crippen LogP) is 4.39. The molecule has 1 saturated heterocycles. The van der Waals surface area contributed by atoms with Crippen molar-refractivity contribution in [2.75, 3.05) is 26.2 Å². The van der Waals surface area contributed by atoms with Crippen LogP contribution in [0.25, 0.3) is 10.9 Å². The Balaban J connectivity index is 0.00000218. The molecule has 2 N–H and O–H groups in total. The van der Waals surface area contributed by atoms with Crippen LogP contribution in [0.2, 0.25) is 0 Å². The first-order chi connectivity index (χ1) is 14.2. The van der Waals surface area contributed by atoms with Crippen LogP contribution in [0, 0.1) is 5.82 Å². The molecule has 2 aliphatic rings. The summed E-state index contributed by atoms with van der Waals surface area (Å²) >= 11 is 0. The highest BCUT2D eigenvalue weighted by Gasteiger charge is 2.29. The van der Waals surface area contributed by atoms with Crippen LogP contribution in [0.3, 0.4) is 0 Å². The number of benzene rings is 2. The van der Waals surface area contributed by atoms with Gasteiger partial charge >= 0.3 is 0 Å². The summed E-state index contributed by atoms with van der Waals surface area (Å²) in [7, 11) is 0. The van der Waals surface area contributed by atoms with Gasteiger partial charge in [-0.25, -0.2) is 9.38 Å². The van der Waals surface area contributed by atoms with E-state index in [1.54, 1.807) is 6.07 Å². The summed E-state index contributed by atoms with van der Waals surface area (Å²) in [6, 6.07) is 11.9. The van der Waals surface area contributed by atoms with Gasteiger partial charge in [-0.15, -0.1) is 12.4 Å². The third kappa shape index (κ3) is 3.66. The molecule has 0 saturated carbocycles. The van der Waals surface area contributed by atoms with E-state index in [1.807, 2.05) is 24.3 Å². The van der Waals surface area contributed by atoms with E-state index >= 15 is 0 Å². The first-order valence-corrected chi connectivity index (χ1v) is 9.82. The van der Waals surface area contributed by atoms with Gasteiger partial charge in [0, 0.05) is 23.0 Å². The molecule has 30 heavy (non-hydrogen) atoms. The number of hydrogen-bond acceptors (Lipinski definition) is 5. The molecule has 0 atom stereocenters. The highest BCUT2D eigenvalue weighted by Crippen LogP contribution is 2.35. The molecule has 5 rings (SSSR count). The lowest BCUT2D eigenvalue weighted by molar-refractivity contribution is 0.119. The first kappa shape index (κ1) is 20.4. The van der Waals surface area contributed by atoms with E-state index in [-0.39, 0.29) is 24.1 Å². The smallest absolute Gasteiger partial charge is 0.199 e. The van der Waals surface area contributed by atoms with Crippen LogP contribution in [0.15, 0.2) is 52.6 Å². The molecule has 3 heterocycles. The standard InChI is InChI=1S/C22H21FN4O2.ClH/c23-14-7-8-18-16(13-14)19(22(28)25-18)21-20(15-5-1-2-6-17(15)24-21)26-29-12-11-27-9-3-4-10-27;/h1-2,5-8,13,25,28H,3-4,9-12H2;1H/b26-20+;. The fourth-order valence-corrected chi connectivity index (χ4v) is 4.02. The Kier molecular flexibility index (Phi) is 5.74. The number of aromatic nitrogens is 1. The lowest BCUT2D eigenvalue weighted by Crippen LogP contribution is -2.23. The van der Waals surface area contributed by atoms with Crippen molar-refractivity contribution in [3.05, 3.63) is 59.4 Å². The number of nitrogens with one attached hydrogen (secondary N) is 1. The van der Waals surface area contributed by atoms with Gasteiger partial charge in [-0.05, 0) is 50.2 Å². The minimum atomic E-state index is -0.380. The van der Waals surface area contributed by atoms with E-state index in [1.165, 1.54) is 25.0 Å².